The van der Waals surface area contributed by atoms with Gasteiger partial charge in [0, 0.05) is 32.2 Å². The van der Waals surface area contributed by atoms with E-state index in [2.05, 4.69) is 20.9 Å². The second-order valence-electron chi connectivity index (χ2n) is 6.81. The van der Waals surface area contributed by atoms with Crippen molar-refractivity contribution in [2.45, 2.75) is 32.9 Å². The number of hydrogen-bond donors (Lipinski definition) is 3. The molecule has 3 N–H and O–H groups in total. The molecule has 0 aliphatic rings. The first-order valence-corrected chi connectivity index (χ1v) is 10.2. The zero-order valence-corrected chi connectivity index (χ0v) is 18.9. The Morgan fingerprint density at radius 3 is 1.97 bits per heavy atom. The molecule has 2 rings (SSSR count). The lowest BCUT2D eigenvalue weighted by Gasteiger charge is -2.16. The van der Waals surface area contributed by atoms with E-state index in [0.717, 1.165) is 23.2 Å². The number of nitrogens with zero attached hydrogens (tertiary/aromatic N) is 1. The summed E-state index contributed by atoms with van der Waals surface area (Å²) in [6.45, 7) is 3.10. The molecule has 2 aromatic carbocycles. The minimum Gasteiger partial charge on any atom is -0.493 e. The molecular formula is C23H32N4O4. The molecule has 0 heterocycles. The van der Waals surface area contributed by atoms with Crippen molar-refractivity contribution in [3.8, 4) is 17.2 Å². The molecule has 1 amide bonds. The monoisotopic (exact) mass is 428 g/mol. The first-order chi connectivity index (χ1) is 15.0. The predicted octanol–water partition coefficient (Wildman–Crippen LogP) is 3.32. The number of nitrogens with one attached hydrogen (secondary N) is 3. The molecule has 8 nitrogen and oxygen atoms in total. The lowest BCUT2D eigenvalue weighted by molar-refractivity contribution is -0.116. The second kappa shape index (κ2) is 12.3. The van der Waals surface area contributed by atoms with Crippen LogP contribution in [0.15, 0.2) is 41.4 Å². The van der Waals surface area contributed by atoms with Crippen LogP contribution in [0.4, 0.5) is 5.69 Å². The third-order valence-corrected chi connectivity index (χ3v) is 4.58. The summed E-state index contributed by atoms with van der Waals surface area (Å²) in [5, 5.41) is 9.44. The number of rotatable bonds is 10. The summed E-state index contributed by atoms with van der Waals surface area (Å²) in [6.07, 6.45) is 1.35. The quantitative estimate of drug-likeness (QED) is 0.397. The van der Waals surface area contributed by atoms with E-state index in [-0.39, 0.29) is 5.91 Å². The van der Waals surface area contributed by atoms with Gasteiger partial charge in [0.2, 0.25) is 11.7 Å². The molecule has 0 fully saturated rings. The van der Waals surface area contributed by atoms with Crippen molar-refractivity contribution in [2.75, 3.05) is 33.7 Å². The predicted molar refractivity (Wildman–Crippen MR) is 123 cm³/mol. The number of ether oxygens (including phenoxy) is 3. The van der Waals surface area contributed by atoms with Crippen molar-refractivity contribution >= 4 is 17.6 Å². The Balaban J connectivity index is 1.92. The molecule has 0 saturated heterocycles. The summed E-state index contributed by atoms with van der Waals surface area (Å²) >= 11 is 0. The van der Waals surface area contributed by atoms with Gasteiger partial charge in [-0.25, -0.2) is 0 Å². The highest BCUT2D eigenvalue weighted by Crippen LogP contribution is 2.38. The maximum Gasteiger partial charge on any atom is 0.224 e. The fourth-order valence-corrected chi connectivity index (χ4v) is 2.99. The van der Waals surface area contributed by atoms with Gasteiger partial charge in [0.05, 0.1) is 21.3 Å². The van der Waals surface area contributed by atoms with Gasteiger partial charge in [-0.1, -0.05) is 19.1 Å². The molecule has 0 radical (unpaired) electrons. The summed E-state index contributed by atoms with van der Waals surface area (Å²) in [6, 6.07) is 11.5. The highest BCUT2D eigenvalue weighted by Gasteiger charge is 2.13. The average Bonchev–Trinajstić information content (AvgIpc) is 2.79. The summed E-state index contributed by atoms with van der Waals surface area (Å²) in [4.78, 5) is 16.0. The van der Waals surface area contributed by atoms with Crippen LogP contribution in [0.25, 0.3) is 0 Å². The highest BCUT2D eigenvalue weighted by atomic mass is 16.5. The minimum absolute atomic E-state index is 0.0322. The molecule has 0 saturated carbocycles. The number of guanidine groups is 1. The Morgan fingerprint density at radius 2 is 1.48 bits per heavy atom. The number of carbonyl (C=O) groups is 1. The number of methoxy groups -OCH3 is 3. The number of amides is 1. The number of aliphatic imine (C=N–C) groups is 1. The van der Waals surface area contributed by atoms with Gasteiger partial charge in [0.25, 0.3) is 0 Å². The molecule has 31 heavy (non-hydrogen) atoms. The normalized spacial score (nSPS) is 10.9. The molecule has 0 bridgehead atoms. The second-order valence-corrected chi connectivity index (χ2v) is 6.81. The molecule has 0 aliphatic heterocycles. The number of anilines is 1. The number of carbonyl (C=O) groups excluding carboxylic acids is 1. The van der Waals surface area contributed by atoms with Gasteiger partial charge < -0.3 is 30.2 Å². The minimum atomic E-state index is 0.0322. The van der Waals surface area contributed by atoms with Gasteiger partial charge >= 0.3 is 0 Å². The molecule has 0 spiro atoms. The van der Waals surface area contributed by atoms with E-state index in [4.69, 9.17) is 14.2 Å². The number of benzene rings is 2. The lowest BCUT2D eigenvalue weighted by Crippen LogP contribution is -2.36. The van der Waals surface area contributed by atoms with Crippen LogP contribution in [-0.4, -0.2) is 40.2 Å². The summed E-state index contributed by atoms with van der Waals surface area (Å²) in [5.41, 5.74) is 2.83. The molecule has 8 heteroatoms. The third-order valence-electron chi connectivity index (χ3n) is 4.58. The highest BCUT2D eigenvalue weighted by molar-refractivity contribution is 5.90. The first-order valence-electron chi connectivity index (χ1n) is 10.2. The zero-order valence-electron chi connectivity index (χ0n) is 18.9. The van der Waals surface area contributed by atoms with Crippen LogP contribution < -0.4 is 30.2 Å². The lowest BCUT2D eigenvalue weighted by atomic mass is 10.1. The van der Waals surface area contributed by atoms with E-state index >= 15 is 0 Å². The molecule has 0 aliphatic carbocycles. The van der Waals surface area contributed by atoms with Gasteiger partial charge in [0.15, 0.2) is 17.5 Å². The van der Waals surface area contributed by atoms with Gasteiger partial charge in [-0.2, -0.15) is 0 Å². The van der Waals surface area contributed by atoms with E-state index in [0.29, 0.717) is 42.7 Å². The van der Waals surface area contributed by atoms with Crippen LogP contribution >= 0.6 is 0 Å². The SMILES string of the molecule is CCCC(=O)Nc1ccc(CNC(=NC)NCc2cc(OC)c(OC)c(OC)c2)cc1. The van der Waals surface area contributed by atoms with Crippen molar-refractivity contribution in [2.24, 2.45) is 4.99 Å². The Morgan fingerprint density at radius 1 is 0.903 bits per heavy atom. The van der Waals surface area contributed by atoms with E-state index in [1.165, 1.54) is 0 Å². The van der Waals surface area contributed by atoms with E-state index < -0.39 is 0 Å². The first kappa shape index (κ1) is 23.9. The van der Waals surface area contributed by atoms with Gasteiger partial charge in [-0.15, -0.1) is 0 Å². The smallest absolute Gasteiger partial charge is 0.224 e. The summed E-state index contributed by atoms with van der Waals surface area (Å²) in [7, 11) is 6.48. The van der Waals surface area contributed by atoms with Gasteiger partial charge in [0.1, 0.15) is 0 Å². The fraction of sp³-hybridized carbons (Fsp3) is 0.391. The maximum atomic E-state index is 11.7. The van der Waals surface area contributed by atoms with Crippen molar-refractivity contribution < 1.29 is 19.0 Å². The fourth-order valence-electron chi connectivity index (χ4n) is 2.99. The Bertz CT molecular complexity index is 857. The molecule has 2 aromatic rings. The largest absolute Gasteiger partial charge is 0.493 e. The maximum absolute atomic E-state index is 11.7. The van der Waals surface area contributed by atoms with Crippen LogP contribution in [0.2, 0.25) is 0 Å². The van der Waals surface area contributed by atoms with Gasteiger partial charge in [-0.05, 0) is 41.8 Å². The molecular weight excluding hydrogens is 396 g/mol. The van der Waals surface area contributed by atoms with Crippen LogP contribution in [-0.2, 0) is 17.9 Å². The van der Waals surface area contributed by atoms with Crippen molar-refractivity contribution in [3.05, 3.63) is 47.5 Å². The van der Waals surface area contributed by atoms with E-state index in [1.54, 1.807) is 28.4 Å². The van der Waals surface area contributed by atoms with Crippen LogP contribution in [0, 0.1) is 0 Å². The van der Waals surface area contributed by atoms with Gasteiger partial charge in [-0.3, -0.25) is 9.79 Å². The molecule has 0 unspecified atom stereocenters. The Hall–Kier alpha value is -3.42. The van der Waals surface area contributed by atoms with E-state index in [1.807, 2.05) is 43.3 Å². The van der Waals surface area contributed by atoms with E-state index in [9.17, 15) is 4.79 Å². The van der Waals surface area contributed by atoms with Crippen molar-refractivity contribution in [1.29, 1.82) is 0 Å². The third kappa shape index (κ3) is 7.09. The van der Waals surface area contributed by atoms with Crippen LogP contribution in [0.5, 0.6) is 17.2 Å². The molecule has 168 valence electrons. The van der Waals surface area contributed by atoms with Crippen LogP contribution in [0.3, 0.4) is 0 Å². The summed E-state index contributed by atoms with van der Waals surface area (Å²) < 4.78 is 16.2. The molecule has 0 atom stereocenters. The molecule has 0 aromatic heterocycles. The topological polar surface area (TPSA) is 93.2 Å². The average molecular weight is 429 g/mol. The number of hydrogen-bond acceptors (Lipinski definition) is 5. The Labute approximate surface area is 184 Å². The van der Waals surface area contributed by atoms with Crippen molar-refractivity contribution in [1.82, 2.24) is 10.6 Å². The van der Waals surface area contributed by atoms with Crippen LogP contribution in [0.1, 0.15) is 30.9 Å². The standard InChI is InChI=1S/C23H32N4O4/c1-6-7-21(28)27-18-10-8-16(9-11-18)14-25-23(24-2)26-15-17-12-19(29-3)22(31-5)20(13-17)30-4/h8-13H,6-7,14-15H2,1-5H3,(H,27,28)(H2,24,25,26). The zero-order chi connectivity index (χ0) is 22.6. The Kier molecular flexibility index (Phi) is 9.48. The summed E-state index contributed by atoms with van der Waals surface area (Å²) in [5.74, 6) is 2.46. The van der Waals surface area contributed by atoms with Crippen molar-refractivity contribution in [3.63, 3.8) is 0 Å².